The van der Waals surface area contributed by atoms with E-state index in [0.29, 0.717) is 24.3 Å². The van der Waals surface area contributed by atoms with Gasteiger partial charge in [0.05, 0.1) is 5.75 Å². The molecule has 0 aliphatic carbocycles. The Hall–Kier alpha value is -0.710. The zero-order valence-corrected chi connectivity index (χ0v) is 16.2. The molecule has 0 radical (unpaired) electrons. The predicted octanol–water partition coefficient (Wildman–Crippen LogP) is 3.69. The van der Waals surface area contributed by atoms with Crippen LogP contribution >= 0.6 is 24.2 Å². The van der Waals surface area contributed by atoms with E-state index in [-0.39, 0.29) is 23.7 Å². The van der Waals surface area contributed by atoms with Crippen LogP contribution in [0.25, 0.3) is 0 Å². The SMILES string of the molecule is CC1CC(CN)CN1C(=O)CSc1ccc(C(C)(C)C)cc1.Cl. The van der Waals surface area contributed by atoms with Crippen LogP contribution in [-0.2, 0) is 10.2 Å². The van der Waals surface area contributed by atoms with E-state index in [2.05, 4.69) is 52.0 Å². The lowest BCUT2D eigenvalue weighted by molar-refractivity contribution is -0.128. The first-order valence-electron chi connectivity index (χ1n) is 8.04. The first-order valence-corrected chi connectivity index (χ1v) is 9.02. The van der Waals surface area contributed by atoms with E-state index in [4.69, 9.17) is 5.73 Å². The number of thioether (sulfide) groups is 1. The quantitative estimate of drug-likeness (QED) is 0.837. The fourth-order valence-corrected chi connectivity index (χ4v) is 3.72. The average Bonchev–Trinajstić information content (AvgIpc) is 2.85. The molecule has 1 aliphatic rings. The molecular formula is C18H29ClN2OS. The van der Waals surface area contributed by atoms with Gasteiger partial charge in [-0.3, -0.25) is 4.79 Å². The summed E-state index contributed by atoms with van der Waals surface area (Å²) in [6.07, 6.45) is 1.03. The van der Waals surface area contributed by atoms with Gasteiger partial charge in [-0.05, 0) is 48.9 Å². The molecule has 2 unspecified atom stereocenters. The minimum absolute atomic E-state index is 0. The molecule has 3 nitrogen and oxygen atoms in total. The zero-order valence-electron chi connectivity index (χ0n) is 14.5. The van der Waals surface area contributed by atoms with Gasteiger partial charge in [0.2, 0.25) is 5.91 Å². The van der Waals surface area contributed by atoms with Gasteiger partial charge in [-0.15, -0.1) is 24.2 Å². The minimum Gasteiger partial charge on any atom is -0.339 e. The number of amides is 1. The van der Waals surface area contributed by atoms with Crippen molar-refractivity contribution in [3.05, 3.63) is 29.8 Å². The first-order chi connectivity index (χ1) is 10.3. The number of benzene rings is 1. The maximum atomic E-state index is 12.4. The van der Waals surface area contributed by atoms with Gasteiger partial charge < -0.3 is 10.6 Å². The normalized spacial score (nSPS) is 21.2. The van der Waals surface area contributed by atoms with E-state index in [1.807, 2.05) is 4.90 Å². The topological polar surface area (TPSA) is 46.3 Å². The molecule has 1 amide bonds. The second-order valence-electron chi connectivity index (χ2n) is 7.30. The van der Waals surface area contributed by atoms with Gasteiger partial charge in [0.15, 0.2) is 0 Å². The Morgan fingerprint density at radius 2 is 1.91 bits per heavy atom. The molecule has 2 rings (SSSR count). The van der Waals surface area contributed by atoms with Gasteiger partial charge in [0.25, 0.3) is 0 Å². The van der Waals surface area contributed by atoms with E-state index in [1.54, 1.807) is 11.8 Å². The lowest BCUT2D eigenvalue weighted by Gasteiger charge is -2.21. The molecule has 2 N–H and O–H groups in total. The second kappa shape index (κ2) is 8.41. The van der Waals surface area contributed by atoms with Crippen LogP contribution in [0.4, 0.5) is 0 Å². The Bertz CT molecular complexity index is 513. The highest BCUT2D eigenvalue weighted by Gasteiger charge is 2.31. The molecule has 0 aromatic heterocycles. The van der Waals surface area contributed by atoms with Gasteiger partial charge in [-0.25, -0.2) is 0 Å². The second-order valence-corrected chi connectivity index (χ2v) is 8.34. The van der Waals surface area contributed by atoms with Crippen molar-refractivity contribution >= 4 is 30.1 Å². The average molecular weight is 357 g/mol. The summed E-state index contributed by atoms with van der Waals surface area (Å²) in [5.74, 6) is 1.21. The summed E-state index contributed by atoms with van der Waals surface area (Å²) in [7, 11) is 0. The fourth-order valence-electron chi connectivity index (χ4n) is 2.94. The molecule has 1 aliphatic heterocycles. The molecule has 1 aromatic carbocycles. The fraction of sp³-hybridized carbons (Fsp3) is 0.611. The van der Waals surface area contributed by atoms with Crippen molar-refractivity contribution in [2.75, 3.05) is 18.8 Å². The van der Waals surface area contributed by atoms with E-state index >= 15 is 0 Å². The third-order valence-corrected chi connectivity index (χ3v) is 5.39. The van der Waals surface area contributed by atoms with E-state index in [0.717, 1.165) is 17.9 Å². The molecule has 1 fully saturated rings. The summed E-state index contributed by atoms with van der Waals surface area (Å²) >= 11 is 1.62. The Kier molecular flexibility index (Phi) is 7.43. The molecule has 1 heterocycles. The summed E-state index contributed by atoms with van der Waals surface area (Å²) in [5, 5.41) is 0. The lowest BCUT2D eigenvalue weighted by Crippen LogP contribution is -2.35. The Morgan fingerprint density at radius 3 is 2.39 bits per heavy atom. The molecule has 0 saturated carbocycles. The molecule has 0 spiro atoms. The molecule has 1 aromatic rings. The molecule has 23 heavy (non-hydrogen) atoms. The largest absolute Gasteiger partial charge is 0.339 e. The number of rotatable bonds is 4. The van der Waals surface area contributed by atoms with Crippen molar-refractivity contribution in [1.82, 2.24) is 4.90 Å². The van der Waals surface area contributed by atoms with E-state index in [1.165, 1.54) is 5.56 Å². The standard InChI is InChI=1S/C18H28N2OS.ClH/c1-13-9-14(10-19)11-20(13)17(21)12-22-16-7-5-15(6-8-16)18(2,3)4;/h5-8,13-14H,9-12,19H2,1-4H3;1H. The lowest BCUT2D eigenvalue weighted by atomic mass is 9.87. The van der Waals surface area contributed by atoms with Gasteiger partial charge in [0.1, 0.15) is 0 Å². The number of hydrogen-bond donors (Lipinski definition) is 1. The van der Waals surface area contributed by atoms with Crippen LogP contribution in [0.15, 0.2) is 29.2 Å². The van der Waals surface area contributed by atoms with Crippen LogP contribution in [0.5, 0.6) is 0 Å². The third-order valence-electron chi connectivity index (χ3n) is 4.40. The first kappa shape index (κ1) is 20.3. The Balaban J connectivity index is 0.00000264. The van der Waals surface area contributed by atoms with E-state index < -0.39 is 0 Å². The molecule has 0 bridgehead atoms. The Labute approximate surface area is 150 Å². The number of nitrogens with two attached hydrogens (primary N) is 1. The third kappa shape index (κ3) is 5.40. The smallest absolute Gasteiger partial charge is 0.233 e. The number of nitrogens with zero attached hydrogens (tertiary/aromatic N) is 1. The van der Waals surface area contributed by atoms with E-state index in [9.17, 15) is 4.79 Å². The minimum atomic E-state index is 0. The summed E-state index contributed by atoms with van der Waals surface area (Å²) in [6, 6.07) is 8.89. The van der Waals surface area contributed by atoms with Crippen molar-refractivity contribution in [1.29, 1.82) is 0 Å². The van der Waals surface area contributed by atoms with Crippen molar-refractivity contribution < 1.29 is 4.79 Å². The summed E-state index contributed by atoms with van der Waals surface area (Å²) in [5.41, 5.74) is 7.22. The number of halogens is 1. The van der Waals surface area contributed by atoms with Gasteiger partial charge in [-0.1, -0.05) is 32.9 Å². The number of carbonyl (C=O) groups excluding carboxylic acids is 1. The predicted molar refractivity (Wildman–Crippen MR) is 101 cm³/mol. The zero-order chi connectivity index (χ0) is 16.3. The van der Waals surface area contributed by atoms with Crippen molar-refractivity contribution in [3.8, 4) is 0 Å². The van der Waals surface area contributed by atoms with Gasteiger partial charge in [0, 0.05) is 17.5 Å². The summed E-state index contributed by atoms with van der Waals surface area (Å²) in [4.78, 5) is 15.5. The summed E-state index contributed by atoms with van der Waals surface area (Å²) in [6.45, 7) is 10.2. The molecule has 2 atom stereocenters. The van der Waals surface area contributed by atoms with Crippen LogP contribution in [0.2, 0.25) is 0 Å². The number of likely N-dealkylation sites (tertiary alicyclic amines) is 1. The van der Waals surface area contributed by atoms with Gasteiger partial charge >= 0.3 is 0 Å². The van der Waals surface area contributed by atoms with Crippen LogP contribution < -0.4 is 5.73 Å². The number of carbonyl (C=O) groups is 1. The van der Waals surface area contributed by atoms with Crippen molar-refractivity contribution in [2.24, 2.45) is 11.7 Å². The highest BCUT2D eigenvalue weighted by atomic mass is 35.5. The van der Waals surface area contributed by atoms with Crippen molar-refractivity contribution in [3.63, 3.8) is 0 Å². The maximum Gasteiger partial charge on any atom is 0.233 e. The van der Waals surface area contributed by atoms with Gasteiger partial charge in [-0.2, -0.15) is 0 Å². The van der Waals surface area contributed by atoms with Crippen LogP contribution in [0.3, 0.4) is 0 Å². The highest BCUT2D eigenvalue weighted by Crippen LogP contribution is 2.27. The monoisotopic (exact) mass is 356 g/mol. The Morgan fingerprint density at radius 1 is 1.30 bits per heavy atom. The van der Waals surface area contributed by atoms with Crippen LogP contribution in [-0.4, -0.2) is 35.7 Å². The highest BCUT2D eigenvalue weighted by molar-refractivity contribution is 8.00. The van der Waals surface area contributed by atoms with Crippen molar-refractivity contribution in [2.45, 2.75) is 50.5 Å². The number of hydrogen-bond acceptors (Lipinski definition) is 3. The molecular weight excluding hydrogens is 328 g/mol. The molecule has 1 saturated heterocycles. The maximum absolute atomic E-state index is 12.4. The molecule has 130 valence electrons. The summed E-state index contributed by atoms with van der Waals surface area (Å²) < 4.78 is 0. The molecule has 5 heteroatoms. The van der Waals surface area contributed by atoms with Crippen LogP contribution in [0, 0.1) is 5.92 Å². The van der Waals surface area contributed by atoms with Crippen LogP contribution in [0.1, 0.15) is 39.7 Å².